The molecule has 0 aliphatic carbocycles. The van der Waals surface area contributed by atoms with Gasteiger partial charge in [-0.15, -0.1) is 0 Å². The van der Waals surface area contributed by atoms with Crippen molar-refractivity contribution in [1.29, 1.82) is 0 Å². The van der Waals surface area contributed by atoms with Gasteiger partial charge < -0.3 is 20.1 Å². The number of nitrogens with one attached hydrogen (secondary N) is 2. The Morgan fingerprint density at radius 2 is 1.53 bits per heavy atom. The lowest BCUT2D eigenvalue weighted by Gasteiger charge is -2.20. The number of benzene rings is 3. The van der Waals surface area contributed by atoms with Gasteiger partial charge in [0.05, 0.1) is 24.8 Å². The van der Waals surface area contributed by atoms with Crippen LogP contribution in [0.4, 0.5) is 17.1 Å². The standard InChI is InChI=1S/C23H23N3O4S2/c1-29-19-13-18(14-20(15-19)30-2)25-23(31)24-17-7-9-21(10-8-17)32(27,28)26-12-11-16-5-3-4-6-22(16)26/h3-10,13-15H,11-12H2,1-2H3,(H2,24,25,31). The highest BCUT2D eigenvalue weighted by Gasteiger charge is 2.30. The van der Waals surface area contributed by atoms with Gasteiger partial charge >= 0.3 is 0 Å². The molecule has 7 nitrogen and oxygen atoms in total. The van der Waals surface area contributed by atoms with E-state index in [1.807, 2.05) is 24.3 Å². The third-order valence-electron chi connectivity index (χ3n) is 5.15. The van der Waals surface area contributed by atoms with Crippen molar-refractivity contribution in [1.82, 2.24) is 0 Å². The first-order valence-electron chi connectivity index (χ1n) is 9.92. The number of sulfonamides is 1. The smallest absolute Gasteiger partial charge is 0.264 e. The molecule has 0 saturated heterocycles. The Hall–Kier alpha value is -3.30. The van der Waals surface area contributed by atoms with E-state index in [1.54, 1.807) is 56.7 Å². The summed E-state index contributed by atoms with van der Waals surface area (Å²) in [7, 11) is -0.482. The SMILES string of the molecule is COc1cc(NC(=S)Nc2ccc(S(=O)(=O)N3CCc4ccccc43)cc2)cc(OC)c1. The summed E-state index contributed by atoms with van der Waals surface area (Å²) >= 11 is 5.38. The zero-order valence-electron chi connectivity index (χ0n) is 17.7. The lowest BCUT2D eigenvalue weighted by molar-refractivity contribution is 0.395. The van der Waals surface area contributed by atoms with Crippen molar-refractivity contribution in [2.75, 3.05) is 35.7 Å². The maximum atomic E-state index is 13.1. The lowest BCUT2D eigenvalue weighted by Crippen LogP contribution is -2.29. The zero-order chi connectivity index (χ0) is 22.7. The number of anilines is 3. The Kier molecular flexibility index (Phi) is 6.20. The van der Waals surface area contributed by atoms with Gasteiger partial charge in [-0.25, -0.2) is 8.42 Å². The number of nitrogens with zero attached hydrogens (tertiary/aromatic N) is 1. The number of methoxy groups -OCH3 is 2. The Balaban J connectivity index is 1.46. The zero-order valence-corrected chi connectivity index (χ0v) is 19.3. The summed E-state index contributed by atoms with van der Waals surface area (Å²) in [6.07, 6.45) is 0.712. The van der Waals surface area contributed by atoms with E-state index in [0.717, 1.165) is 11.3 Å². The first kappa shape index (κ1) is 21.9. The number of fused-ring (bicyclic) bond motifs is 1. The largest absolute Gasteiger partial charge is 0.497 e. The summed E-state index contributed by atoms with van der Waals surface area (Å²) in [5.74, 6) is 1.26. The first-order chi connectivity index (χ1) is 15.4. The number of thiocarbonyl (C=S) groups is 1. The van der Waals surface area contributed by atoms with Gasteiger partial charge in [0.1, 0.15) is 11.5 Å². The molecule has 3 aromatic rings. The van der Waals surface area contributed by atoms with Crippen LogP contribution >= 0.6 is 12.2 Å². The van der Waals surface area contributed by atoms with E-state index >= 15 is 0 Å². The van der Waals surface area contributed by atoms with E-state index in [-0.39, 0.29) is 4.90 Å². The van der Waals surface area contributed by atoms with Gasteiger partial charge in [0.2, 0.25) is 0 Å². The van der Waals surface area contributed by atoms with Crippen molar-refractivity contribution in [3.63, 3.8) is 0 Å². The molecule has 0 amide bonds. The van der Waals surface area contributed by atoms with Gasteiger partial charge in [0.25, 0.3) is 10.0 Å². The molecule has 32 heavy (non-hydrogen) atoms. The molecule has 0 bridgehead atoms. The highest BCUT2D eigenvalue weighted by molar-refractivity contribution is 7.92. The molecule has 3 aromatic carbocycles. The molecular weight excluding hydrogens is 446 g/mol. The topological polar surface area (TPSA) is 79.9 Å². The second kappa shape index (κ2) is 9.05. The third-order valence-corrected chi connectivity index (χ3v) is 7.19. The summed E-state index contributed by atoms with van der Waals surface area (Å²) in [5.41, 5.74) is 3.15. The predicted molar refractivity (Wildman–Crippen MR) is 131 cm³/mol. The van der Waals surface area contributed by atoms with Crippen LogP contribution in [0.3, 0.4) is 0 Å². The van der Waals surface area contributed by atoms with Crippen LogP contribution in [0, 0.1) is 0 Å². The van der Waals surface area contributed by atoms with Crippen LogP contribution in [-0.2, 0) is 16.4 Å². The Bertz CT molecular complexity index is 1220. The summed E-state index contributed by atoms with van der Waals surface area (Å²) in [5, 5.41) is 6.49. The summed E-state index contributed by atoms with van der Waals surface area (Å²) in [6.45, 7) is 0.444. The van der Waals surface area contributed by atoms with E-state index in [4.69, 9.17) is 21.7 Å². The fraction of sp³-hybridized carbons (Fsp3) is 0.174. The van der Waals surface area contributed by atoms with Crippen LogP contribution in [0.1, 0.15) is 5.56 Å². The minimum Gasteiger partial charge on any atom is -0.497 e. The second-order valence-electron chi connectivity index (χ2n) is 7.16. The summed E-state index contributed by atoms with van der Waals surface area (Å²) in [6, 6.07) is 19.5. The Morgan fingerprint density at radius 1 is 0.906 bits per heavy atom. The maximum absolute atomic E-state index is 13.1. The van der Waals surface area contributed by atoms with Crippen LogP contribution in [0.25, 0.3) is 0 Å². The van der Waals surface area contributed by atoms with Gasteiger partial charge in [-0.1, -0.05) is 18.2 Å². The molecule has 0 atom stereocenters. The van der Waals surface area contributed by atoms with Gasteiger partial charge in [-0.3, -0.25) is 4.31 Å². The van der Waals surface area contributed by atoms with Crippen molar-refractivity contribution in [2.45, 2.75) is 11.3 Å². The van der Waals surface area contributed by atoms with Crippen molar-refractivity contribution in [3.05, 3.63) is 72.3 Å². The average Bonchev–Trinajstić information content (AvgIpc) is 3.24. The Morgan fingerprint density at radius 3 is 2.19 bits per heavy atom. The first-order valence-corrected chi connectivity index (χ1v) is 11.8. The second-order valence-corrected chi connectivity index (χ2v) is 9.43. The molecule has 4 rings (SSSR count). The summed E-state index contributed by atoms with van der Waals surface area (Å²) in [4.78, 5) is 0.233. The molecule has 0 aromatic heterocycles. The number of hydrogen-bond acceptors (Lipinski definition) is 5. The lowest BCUT2D eigenvalue weighted by atomic mass is 10.2. The van der Waals surface area contributed by atoms with Crippen molar-refractivity contribution >= 4 is 44.4 Å². The molecule has 2 N–H and O–H groups in total. The molecule has 0 spiro atoms. The number of hydrogen-bond donors (Lipinski definition) is 2. The Labute approximate surface area is 193 Å². The summed E-state index contributed by atoms with van der Waals surface area (Å²) < 4.78 is 38.3. The normalized spacial score (nSPS) is 12.8. The predicted octanol–water partition coefficient (Wildman–Crippen LogP) is 4.26. The number of para-hydroxylation sites is 1. The van der Waals surface area contributed by atoms with Crippen LogP contribution < -0.4 is 24.4 Å². The molecule has 0 saturated carbocycles. The molecule has 166 valence electrons. The van der Waals surface area contributed by atoms with Crippen molar-refractivity contribution in [2.24, 2.45) is 0 Å². The van der Waals surface area contributed by atoms with Crippen LogP contribution in [0.5, 0.6) is 11.5 Å². The molecule has 1 aliphatic rings. The molecule has 1 aliphatic heterocycles. The van der Waals surface area contributed by atoms with Gasteiger partial charge in [-0.05, 0) is 54.5 Å². The van der Waals surface area contributed by atoms with E-state index in [1.165, 1.54) is 4.31 Å². The molecule has 1 heterocycles. The minimum absolute atomic E-state index is 0.233. The van der Waals surface area contributed by atoms with E-state index in [0.29, 0.717) is 41.0 Å². The van der Waals surface area contributed by atoms with E-state index < -0.39 is 10.0 Å². The van der Waals surface area contributed by atoms with E-state index in [9.17, 15) is 8.42 Å². The van der Waals surface area contributed by atoms with Gasteiger partial charge in [0.15, 0.2) is 5.11 Å². The van der Waals surface area contributed by atoms with Crippen LogP contribution in [0.15, 0.2) is 71.6 Å². The molecule has 9 heteroatoms. The van der Waals surface area contributed by atoms with Crippen molar-refractivity contribution < 1.29 is 17.9 Å². The van der Waals surface area contributed by atoms with Crippen molar-refractivity contribution in [3.8, 4) is 11.5 Å². The van der Waals surface area contributed by atoms with Crippen LogP contribution in [-0.4, -0.2) is 34.3 Å². The number of rotatable bonds is 6. The third kappa shape index (κ3) is 4.49. The number of ether oxygens (including phenoxy) is 2. The highest BCUT2D eigenvalue weighted by atomic mass is 32.2. The monoisotopic (exact) mass is 469 g/mol. The average molecular weight is 470 g/mol. The molecule has 0 radical (unpaired) electrons. The van der Waals surface area contributed by atoms with Gasteiger partial charge in [-0.2, -0.15) is 0 Å². The minimum atomic E-state index is -3.63. The fourth-order valence-electron chi connectivity index (χ4n) is 3.57. The van der Waals surface area contributed by atoms with E-state index in [2.05, 4.69) is 10.6 Å². The molecular formula is C23H23N3O4S2. The van der Waals surface area contributed by atoms with Gasteiger partial charge in [0, 0.05) is 36.1 Å². The molecule has 0 fully saturated rings. The fourth-order valence-corrected chi connectivity index (χ4v) is 5.31. The van der Waals surface area contributed by atoms with Crippen LogP contribution in [0.2, 0.25) is 0 Å². The quantitative estimate of drug-likeness (QED) is 0.522. The maximum Gasteiger partial charge on any atom is 0.264 e. The molecule has 0 unspecified atom stereocenters. The highest BCUT2D eigenvalue weighted by Crippen LogP contribution is 2.33.